The summed E-state index contributed by atoms with van der Waals surface area (Å²) in [5.74, 6) is 0.352. The zero-order valence-electron chi connectivity index (χ0n) is 21.1. The fraction of sp³-hybridized carbons (Fsp3) is 0.355. The number of aryl methyl sites for hydroxylation is 1. The van der Waals surface area contributed by atoms with Crippen molar-refractivity contribution < 1.29 is 9.59 Å². The van der Waals surface area contributed by atoms with E-state index in [0.717, 1.165) is 50.1 Å². The van der Waals surface area contributed by atoms with Crippen molar-refractivity contribution in [2.45, 2.75) is 25.8 Å². The van der Waals surface area contributed by atoms with Gasteiger partial charge in [0, 0.05) is 50.7 Å². The van der Waals surface area contributed by atoms with Crippen LogP contribution in [0.2, 0.25) is 0 Å². The van der Waals surface area contributed by atoms with E-state index in [2.05, 4.69) is 65.6 Å². The molecule has 0 bridgehead atoms. The Morgan fingerprint density at radius 2 is 1.19 bits per heavy atom. The molecule has 2 aliphatic rings. The molecule has 0 unspecified atom stereocenters. The molecule has 0 radical (unpaired) electrons. The molecule has 36 heavy (non-hydrogen) atoms. The highest BCUT2D eigenvalue weighted by molar-refractivity contribution is 5.95. The maximum Gasteiger partial charge on any atom is 0.254 e. The molecule has 0 N–H and O–H groups in total. The molecule has 0 aromatic heterocycles. The molecule has 2 fully saturated rings. The third kappa shape index (κ3) is 5.21. The van der Waals surface area contributed by atoms with Crippen LogP contribution in [0.4, 0.5) is 0 Å². The van der Waals surface area contributed by atoms with Gasteiger partial charge in [-0.2, -0.15) is 0 Å². The molecule has 3 aromatic carbocycles. The van der Waals surface area contributed by atoms with Crippen molar-refractivity contribution in [1.29, 1.82) is 0 Å². The molecular weight excluding hydrogens is 446 g/mol. The van der Waals surface area contributed by atoms with Crippen LogP contribution in [-0.4, -0.2) is 65.8 Å². The number of carbonyl (C=O) groups is 2. The summed E-state index contributed by atoms with van der Waals surface area (Å²) in [4.78, 5) is 32.8. The summed E-state index contributed by atoms with van der Waals surface area (Å²) in [7, 11) is 0. The SMILES string of the molecule is Cc1ccccc1C(=O)N1CCC(C(=O)N2CCN(C(c3ccccc3)c3ccccc3)CC2)CC1. The number of rotatable bonds is 5. The predicted molar refractivity (Wildman–Crippen MR) is 143 cm³/mol. The fourth-order valence-electron chi connectivity index (χ4n) is 5.66. The molecule has 2 saturated heterocycles. The monoisotopic (exact) mass is 481 g/mol. The molecule has 5 heteroatoms. The Morgan fingerprint density at radius 3 is 1.75 bits per heavy atom. The Balaban J connectivity index is 1.18. The lowest BCUT2D eigenvalue weighted by molar-refractivity contribution is -0.139. The van der Waals surface area contributed by atoms with Gasteiger partial charge in [0.15, 0.2) is 0 Å². The van der Waals surface area contributed by atoms with Gasteiger partial charge in [0.05, 0.1) is 6.04 Å². The molecule has 0 spiro atoms. The number of benzene rings is 3. The number of likely N-dealkylation sites (tertiary alicyclic amines) is 1. The Labute approximate surface area is 214 Å². The minimum Gasteiger partial charge on any atom is -0.340 e. The van der Waals surface area contributed by atoms with Gasteiger partial charge in [-0.3, -0.25) is 14.5 Å². The maximum absolute atomic E-state index is 13.4. The van der Waals surface area contributed by atoms with Crippen molar-refractivity contribution in [3.8, 4) is 0 Å². The molecule has 0 aliphatic carbocycles. The van der Waals surface area contributed by atoms with Crippen molar-refractivity contribution in [1.82, 2.24) is 14.7 Å². The van der Waals surface area contributed by atoms with E-state index in [4.69, 9.17) is 0 Å². The van der Waals surface area contributed by atoms with Gasteiger partial charge < -0.3 is 9.80 Å². The normalized spacial score (nSPS) is 17.4. The van der Waals surface area contributed by atoms with Crippen LogP contribution in [0.15, 0.2) is 84.9 Å². The van der Waals surface area contributed by atoms with Crippen LogP contribution in [0.3, 0.4) is 0 Å². The smallest absolute Gasteiger partial charge is 0.254 e. The standard InChI is InChI=1S/C31H35N3O2/c1-24-10-8-9-15-28(24)31(36)33-18-16-27(17-19-33)30(35)34-22-20-32(21-23-34)29(25-11-4-2-5-12-25)26-13-6-3-7-14-26/h2-15,27,29H,16-23H2,1H3. The van der Waals surface area contributed by atoms with Crippen LogP contribution >= 0.6 is 0 Å². The minimum atomic E-state index is 0.0107. The lowest BCUT2D eigenvalue weighted by atomic mass is 9.93. The molecule has 5 rings (SSSR count). The Hall–Kier alpha value is -3.44. The van der Waals surface area contributed by atoms with Gasteiger partial charge in [-0.25, -0.2) is 0 Å². The van der Waals surface area contributed by atoms with E-state index >= 15 is 0 Å². The van der Waals surface area contributed by atoms with Gasteiger partial charge in [0.1, 0.15) is 0 Å². The van der Waals surface area contributed by atoms with Crippen LogP contribution in [0, 0.1) is 12.8 Å². The van der Waals surface area contributed by atoms with Crippen molar-refractivity contribution in [2.75, 3.05) is 39.3 Å². The molecular formula is C31H35N3O2. The number of piperidine rings is 1. The van der Waals surface area contributed by atoms with Crippen molar-refractivity contribution in [3.05, 3.63) is 107 Å². The van der Waals surface area contributed by atoms with Crippen LogP contribution in [-0.2, 0) is 4.79 Å². The molecule has 0 saturated carbocycles. The molecule has 5 nitrogen and oxygen atoms in total. The molecule has 186 valence electrons. The summed E-state index contributed by atoms with van der Waals surface area (Å²) in [6, 6.07) is 29.2. The molecule has 2 aliphatic heterocycles. The van der Waals surface area contributed by atoms with Crippen LogP contribution in [0.25, 0.3) is 0 Å². The van der Waals surface area contributed by atoms with E-state index < -0.39 is 0 Å². The van der Waals surface area contributed by atoms with Crippen LogP contribution in [0.1, 0.15) is 45.9 Å². The first-order chi connectivity index (χ1) is 17.6. The summed E-state index contributed by atoms with van der Waals surface area (Å²) in [6.45, 7) is 6.47. The second-order valence-corrected chi connectivity index (χ2v) is 9.97. The first-order valence-electron chi connectivity index (χ1n) is 13.1. The average molecular weight is 482 g/mol. The Kier molecular flexibility index (Phi) is 7.47. The van der Waals surface area contributed by atoms with Gasteiger partial charge >= 0.3 is 0 Å². The number of carbonyl (C=O) groups excluding carboxylic acids is 2. The molecule has 3 aromatic rings. The van der Waals surface area contributed by atoms with Gasteiger partial charge in [-0.05, 0) is 42.5 Å². The summed E-state index contributed by atoms with van der Waals surface area (Å²) < 4.78 is 0. The Morgan fingerprint density at radius 1 is 0.667 bits per heavy atom. The van der Waals surface area contributed by atoms with Gasteiger partial charge in [-0.15, -0.1) is 0 Å². The van der Waals surface area contributed by atoms with Crippen LogP contribution in [0.5, 0.6) is 0 Å². The summed E-state index contributed by atoms with van der Waals surface area (Å²) in [6.07, 6.45) is 1.49. The average Bonchev–Trinajstić information content (AvgIpc) is 2.94. The number of piperazine rings is 1. The van der Waals surface area contributed by atoms with Crippen molar-refractivity contribution in [2.24, 2.45) is 5.92 Å². The van der Waals surface area contributed by atoms with E-state index in [0.29, 0.717) is 13.1 Å². The number of hydrogen-bond acceptors (Lipinski definition) is 3. The second kappa shape index (κ2) is 11.1. The number of nitrogens with zero attached hydrogens (tertiary/aromatic N) is 3. The largest absolute Gasteiger partial charge is 0.340 e. The lowest BCUT2D eigenvalue weighted by Gasteiger charge is -2.41. The molecule has 0 atom stereocenters. The van der Waals surface area contributed by atoms with E-state index in [1.807, 2.05) is 41.0 Å². The third-order valence-electron chi connectivity index (χ3n) is 7.73. The highest BCUT2D eigenvalue weighted by Crippen LogP contribution is 2.30. The van der Waals surface area contributed by atoms with E-state index in [-0.39, 0.29) is 23.8 Å². The Bertz CT molecular complexity index is 1130. The number of amides is 2. The zero-order valence-corrected chi connectivity index (χ0v) is 21.1. The first kappa shape index (κ1) is 24.3. The first-order valence-corrected chi connectivity index (χ1v) is 13.1. The number of hydrogen-bond donors (Lipinski definition) is 0. The van der Waals surface area contributed by atoms with Crippen molar-refractivity contribution in [3.63, 3.8) is 0 Å². The van der Waals surface area contributed by atoms with E-state index in [1.165, 1.54) is 11.1 Å². The van der Waals surface area contributed by atoms with Gasteiger partial charge in [-0.1, -0.05) is 78.9 Å². The second-order valence-electron chi connectivity index (χ2n) is 9.97. The van der Waals surface area contributed by atoms with E-state index in [9.17, 15) is 9.59 Å². The molecule has 2 heterocycles. The summed E-state index contributed by atoms with van der Waals surface area (Å²) in [5.41, 5.74) is 4.34. The topological polar surface area (TPSA) is 43.9 Å². The van der Waals surface area contributed by atoms with Gasteiger partial charge in [0.2, 0.25) is 5.91 Å². The minimum absolute atomic E-state index is 0.0107. The maximum atomic E-state index is 13.4. The summed E-state index contributed by atoms with van der Waals surface area (Å²) in [5, 5.41) is 0. The zero-order chi connectivity index (χ0) is 24.9. The third-order valence-corrected chi connectivity index (χ3v) is 7.73. The van der Waals surface area contributed by atoms with Gasteiger partial charge in [0.25, 0.3) is 5.91 Å². The fourth-order valence-corrected chi connectivity index (χ4v) is 5.66. The van der Waals surface area contributed by atoms with E-state index in [1.54, 1.807) is 0 Å². The van der Waals surface area contributed by atoms with Crippen molar-refractivity contribution >= 4 is 11.8 Å². The predicted octanol–water partition coefficient (Wildman–Crippen LogP) is 4.78. The lowest BCUT2D eigenvalue weighted by Crippen LogP contribution is -2.52. The highest BCUT2D eigenvalue weighted by atomic mass is 16.2. The quantitative estimate of drug-likeness (QED) is 0.527. The van der Waals surface area contributed by atoms with Crippen LogP contribution < -0.4 is 0 Å². The highest BCUT2D eigenvalue weighted by Gasteiger charge is 2.33. The summed E-state index contributed by atoms with van der Waals surface area (Å²) >= 11 is 0. The molecule has 2 amide bonds.